The van der Waals surface area contributed by atoms with Crippen LogP contribution in [0.25, 0.3) is 10.6 Å². The fourth-order valence-electron chi connectivity index (χ4n) is 2.25. The molecule has 0 bridgehead atoms. The first-order valence-corrected chi connectivity index (χ1v) is 7.97. The molecule has 0 fully saturated rings. The summed E-state index contributed by atoms with van der Waals surface area (Å²) < 4.78 is 5.23. The van der Waals surface area contributed by atoms with E-state index in [0.717, 1.165) is 10.6 Å². The molecule has 0 amide bonds. The summed E-state index contributed by atoms with van der Waals surface area (Å²) in [5.74, 6) is 1.13. The molecule has 2 heterocycles. The first-order chi connectivity index (χ1) is 11.7. The highest BCUT2D eigenvalue weighted by molar-refractivity contribution is 7.13. The summed E-state index contributed by atoms with van der Waals surface area (Å²) in [6, 6.07) is 8.53. The van der Waals surface area contributed by atoms with E-state index >= 15 is 0 Å². The highest BCUT2D eigenvalue weighted by Gasteiger charge is 2.18. The largest absolute Gasteiger partial charge is 0.496 e. The number of nitro benzene ring substituents is 1. The van der Waals surface area contributed by atoms with Gasteiger partial charge in [-0.2, -0.15) is 0 Å². The second-order valence-electron chi connectivity index (χ2n) is 4.84. The number of pyridine rings is 1. The van der Waals surface area contributed by atoms with Crippen molar-refractivity contribution in [3.8, 4) is 16.3 Å². The minimum Gasteiger partial charge on any atom is -0.496 e. The van der Waals surface area contributed by atoms with Gasteiger partial charge in [-0.3, -0.25) is 15.1 Å². The van der Waals surface area contributed by atoms with Gasteiger partial charge in [-0.1, -0.05) is 6.07 Å². The third-order valence-electron chi connectivity index (χ3n) is 3.40. The standard InChI is InChI=1S/C16H14N4O3S/c1-23-14-4-2-3-13(20(21)22)12(14)9-18-15-10-24-16(19-15)11-5-7-17-8-6-11/h2-8,10,18H,9H2,1H3. The molecule has 0 saturated carbocycles. The summed E-state index contributed by atoms with van der Waals surface area (Å²) in [7, 11) is 1.49. The maximum absolute atomic E-state index is 11.2. The summed E-state index contributed by atoms with van der Waals surface area (Å²) in [5.41, 5.74) is 1.49. The number of methoxy groups -OCH3 is 1. The van der Waals surface area contributed by atoms with E-state index in [1.54, 1.807) is 24.5 Å². The monoisotopic (exact) mass is 342 g/mol. The molecule has 2 aromatic heterocycles. The second-order valence-corrected chi connectivity index (χ2v) is 5.70. The number of nitrogens with one attached hydrogen (secondary N) is 1. The molecule has 3 rings (SSSR count). The molecular weight excluding hydrogens is 328 g/mol. The predicted octanol–water partition coefficient (Wildman–Crippen LogP) is 3.73. The second kappa shape index (κ2) is 7.05. The minimum atomic E-state index is -0.414. The molecule has 0 unspecified atom stereocenters. The lowest BCUT2D eigenvalue weighted by Crippen LogP contribution is -2.05. The van der Waals surface area contributed by atoms with Crippen LogP contribution in [0.1, 0.15) is 5.56 Å². The van der Waals surface area contributed by atoms with E-state index in [4.69, 9.17) is 4.74 Å². The summed E-state index contributed by atoms with van der Waals surface area (Å²) in [6.07, 6.45) is 3.42. The van der Waals surface area contributed by atoms with Crippen molar-refractivity contribution < 1.29 is 9.66 Å². The number of thiazole rings is 1. The fraction of sp³-hybridized carbons (Fsp3) is 0.125. The Morgan fingerprint density at radius 3 is 2.79 bits per heavy atom. The zero-order valence-corrected chi connectivity index (χ0v) is 13.6. The van der Waals surface area contributed by atoms with E-state index in [1.165, 1.54) is 24.5 Å². The summed E-state index contributed by atoms with van der Waals surface area (Å²) in [6.45, 7) is 0.250. The van der Waals surface area contributed by atoms with Gasteiger partial charge in [0.05, 0.1) is 24.1 Å². The van der Waals surface area contributed by atoms with Crippen molar-refractivity contribution in [2.75, 3.05) is 12.4 Å². The molecule has 0 aliphatic carbocycles. The van der Waals surface area contributed by atoms with Gasteiger partial charge < -0.3 is 10.1 Å². The Hall–Kier alpha value is -3.00. The van der Waals surface area contributed by atoms with Crippen LogP contribution in [0.2, 0.25) is 0 Å². The normalized spacial score (nSPS) is 10.4. The zero-order valence-electron chi connectivity index (χ0n) is 12.8. The van der Waals surface area contributed by atoms with Gasteiger partial charge in [-0.25, -0.2) is 4.98 Å². The molecule has 8 heteroatoms. The Morgan fingerprint density at radius 2 is 2.08 bits per heavy atom. The van der Waals surface area contributed by atoms with Crippen LogP contribution < -0.4 is 10.1 Å². The van der Waals surface area contributed by atoms with Crippen LogP contribution in [-0.4, -0.2) is 22.0 Å². The van der Waals surface area contributed by atoms with Crippen molar-refractivity contribution in [2.45, 2.75) is 6.54 Å². The van der Waals surface area contributed by atoms with E-state index < -0.39 is 4.92 Å². The van der Waals surface area contributed by atoms with Crippen molar-refractivity contribution in [3.63, 3.8) is 0 Å². The number of anilines is 1. The van der Waals surface area contributed by atoms with Crippen LogP contribution in [0.15, 0.2) is 48.1 Å². The Bertz CT molecular complexity index is 852. The van der Waals surface area contributed by atoms with Gasteiger partial charge in [0, 0.05) is 29.4 Å². The number of ether oxygens (including phenoxy) is 1. The molecule has 0 aliphatic heterocycles. The summed E-state index contributed by atoms with van der Waals surface area (Å²) in [4.78, 5) is 19.3. The summed E-state index contributed by atoms with van der Waals surface area (Å²) >= 11 is 1.49. The van der Waals surface area contributed by atoms with E-state index in [0.29, 0.717) is 17.1 Å². The smallest absolute Gasteiger partial charge is 0.278 e. The summed E-state index contributed by atoms with van der Waals surface area (Å²) in [5, 5.41) is 17.0. The van der Waals surface area contributed by atoms with Crippen molar-refractivity contribution in [2.24, 2.45) is 0 Å². The average molecular weight is 342 g/mol. The fourth-order valence-corrected chi connectivity index (χ4v) is 3.04. The topological polar surface area (TPSA) is 90.2 Å². The number of aromatic nitrogens is 2. The third kappa shape index (κ3) is 3.33. The Morgan fingerprint density at radius 1 is 1.29 bits per heavy atom. The Labute approximate surface area is 142 Å². The van der Waals surface area contributed by atoms with E-state index in [1.807, 2.05) is 17.5 Å². The van der Waals surface area contributed by atoms with Crippen LogP contribution >= 0.6 is 11.3 Å². The van der Waals surface area contributed by atoms with Gasteiger partial charge >= 0.3 is 0 Å². The number of hydrogen-bond donors (Lipinski definition) is 1. The highest BCUT2D eigenvalue weighted by atomic mass is 32.1. The van der Waals surface area contributed by atoms with Crippen LogP contribution in [0, 0.1) is 10.1 Å². The first kappa shape index (κ1) is 15.9. The lowest BCUT2D eigenvalue weighted by molar-refractivity contribution is -0.385. The Kier molecular flexibility index (Phi) is 4.66. The molecule has 0 atom stereocenters. The van der Waals surface area contributed by atoms with E-state index in [9.17, 15) is 10.1 Å². The van der Waals surface area contributed by atoms with Crippen molar-refractivity contribution in [3.05, 3.63) is 63.8 Å². The molecular formula is C16H14N4O3S. The van der Waals surface area contributed by atoms with Gasteiger partial charge in [-0.05, 0) is 18.2 Å². The predicted molar refractivity (Wildman–Crippen MR) is 92.3 cm³/mol. The molecule has 1 aromatic carbocycles. The Balaban J connectivity index is 1.80. The minimum absolute atomic E-state index is 0.0198. The maximum Gasteiger partial charge on any atom is 0.278 e. The average Bonchev–Trinajstić information content (AvgIpc) is 3.09. The van der Waals surface area contributed by atoms with Crippen molar-refractivity contribution in [1.29, 1.82) is 0 Å². The molecule has 122 valence electrons. The number of nitro groups is 1. The first-order valence-electron chi connectivity index (χ1n) is 7.09. The van der Waals surface area contributed by atoms with Gasteiger partial charge in [0.25, 0.3) is 5.69 Å². The van der Waals surface area contributed by atoms with E-state index in [2.05, 4.69) is 15.3 Å². The van der Waals surface area contributed by atoms with Crippen LogP contribution in [-0.2, 0) is 6.54 Å². The highest BCUT2D eigenvalue weighted by Crippen LogP contribution is 2.30. The molecule has 1 N–H and O–H groups in total. The molecule has 3 aromatic rings. The lowest BCUT2D eigenvalue weighted by atomic mass is 10.1. The van der Waals surface area contributed by atoms with Gasteiger partial charge in [0.15, 0.2) is 0 Å². The lowest BCUT2D eigenvalue weighted by Gasteiger charge is -2.09. The number of rotatable bonds is 6. The van der Waals surface area contributed by atoms with E-state index in [-0.39, 0.29) is 12.2 Å². The molecule has 24 heavy (non-hydrogen) atoms. The molecule has 7 nitrogen and oxygen atoms in total. The van der Waals surface area contributed by atoms with Gasteiger partial charge in [0.2, 0.25) is 0 Å². The molecule has 0 saturated heterocycles. The number of nitrogens with zero attached hydrogens (tertiary/aromatic N) is 3. The zero-order chi connectivity index (χ0) is 16.9. The number of benzene rings is 1. The van der Waals surface area contributed by atoms with Gasteiger partial charge in [-0.15, -0.1) is 11.3 Å². The third-order valence-corrected chi connectivity index (χ3v) is 4.29. The quantitative estimate of drug-likeness (QED) is 0.542. The van der Waals surface area contributed by atoms with Crippen molar-refractivity contribution in [1.82, 2.24) is 9.97 Å². The molecule has 0 spiro atoms. The van der Waals surface area contributed by atoms with Gasteiger partial charge in [0.1, 0.15) is 16.6 Å². The van der Waals surface area contributed by atoms with Crippen molar-refractivity contribution >= 4 is 22.8 Å². The SMILES string of the molecule is COc1cccc([N+](=O)[O-])c1CNc1csc(-c2ccncc2)n1. The molecule has 0 aliphatic rings. The van der Waals surface area contributed by atoms with Crippen LogP contribution in [0.3, 0.4) is 0 Å². The maximum atomic E-state index is 11.2. The molecule has 0 radical (unpaired) electrons. The van der Waals surface area contributed by atoms with Crippen LogP contribution in [0.4, 0.5) is 11.5 Å². The number of hydrogen-bond acceptors (Lipinski definition) is 7. The van der Waals surface area contributed by atoms with Crippen LogP contribution in [0.5, 0.6) is 5.75 Å².